The van der Waals surface area contributed by atoms with E-state index in [1.54, 1.807) is 30.3 Å². The van der Waals surface area contributed by atoms with Gasteiger partial charge in [0.1, 0.15) is 5.69 Å². The molecule has 30 heavy (non-hydrogen) atoms. The molecule has 0 spiro atoms. The average Bonchev–Trinajstić information content (AvgIpc) is 2.71. The van der Waals surface area contributed by atoms with E-state index >= 15 is 0 Å². The summed E-state index contributed by atoms with van der Waals surface area (Å²) < 4.78 is 78.9. The predicted molar refractivity (Wildman–Crippen MR) is 95.4 cm³/mol. The van der Waals surface area contributed by atoms with E-state index in [0.29, 0.717) is 11.8 Å². The number of anilines is 1. The zero-order valence-corrected chi connectivity index (χ0v) is 15.1. The van der Waals surface area contributed by atoms with Gasteiger partial charge >= 0.3 is 12.4 Å². The molecule has 1 N–H and O–H groups in total. The summed E-state index contributed by atoms with van der Waals surface area (Å²) in [6.45, 7) is 0. The van der Waals surface area contributed by atoms with Crippen LogP contribution in [0.3, 0.4) is 0 Å². The Kier molecular flexibility index (Phi) is 5.67. The number of halogens is 6. The molecular formula is C18H12F6N6. The topological polar surface area (TPSA) is 75.4 Å². The number of nitrogens with zero attached hydrogens (tertiary/aromatic N) is 5. The normalized spacial score (nSPS) is 12.4. The van der Waals surface area contributed by atoms with E-state index in [1.165, 1.54) is 7.05 Å². The van der Waals surface area contributed by atoms with Crippen molar-refractivity contribution in [1.82, 2.24) is 15.0 Å². The first-order valence-electron chi connectivity index (χ1n) is 8.27. The lowest BCUT2D eigenvalue weighted by Crippen LogP contribution is -2.12. The Hall–Kier alpha value is -3.57. The summed E-state index contributed by atoms with van der Waals surface area (Å²) in [6, 6.07) is 9.63. The molecule has 0 bridgehead atoms. The Bertz CT molecular complexity index is 1050. The number of benzene rings is 1. The molecule has 156 valence electrons. The summed E-state index contributed by atoms with van der Waals surface area (Å²) in [7, 11) is 1.32. The molecule has 0 saturated carbocycles. The molecule has 0 radical (unpaired) electrons. The number of aromatic nitrogens is 3. The van der Waals surface area contributed by atoms with Crippen molar-refractivity contribution in [2.24, 2.45) is 10.2 Å². The van der Waals surface area contributed by atoms with Gasteiger partial charge in [-0.3, -0.25) is 4.98 Å². The van der Waals surface area contributed by atoms with Crippen LogP contribution < -0.4 is 5.32 Å². The monoisotopic (exact) mass is 426 g/mol. The number of alkyl halides is 6. The molecule has 0 saturated heterocycles. The molecule has 3 rings (SSSR count). The first-order chi connectivity index (χ1) is 14.1. The maximum absolute atomic E-state index is 13.6. The minimum Gasteiger partial charge on any atom is -0.371 e. The standard InChI is InChI=1S/C18H12F6N6/c1-25-16-13(30-29-11-5-3-2-4-6-11)14(18(22,23)24)27-15(28-16)10-7-8-12(26-9-10)17(19,20)21/h2-9H,1H3,(H,25,27,28)/b30-29+. The Balaban J connectivity index is 2.10. The predicted octanol–water partition coefficient (Wildman–Crippen LogP) is 6.03. The van der Waals surface area contributed by atoms with Crippen molar-refractivity contribution in [2.45, 2.75) is 12.4 Å². The quantitative estimate of drug-likeness (QED) is 0.408. The van der Waals surface area contributed by atoms with Gasteiger partial charge < -0.3 is 5.32 Å². The second kappa shape index (κ2) is 8.05. The fourth-order valence-corrected chi connectivity index (χ4v) is 2.35. The molecule has 2 aromatic heterocycles. The largest absolute Gasteiger partial charge is 0.435 e. The van der Waals surface area contributed by atoms with Crippen LogP contribution in [0, 0.1) is 0 Å². The summed E-state index contributed by atoms with van der Waals surface area (Å²) >= 11 is 0. The molecular weight excluding hydrogens is 414 g/mol. The molecule has 0 aliphatic carbocycles. The van der Waals surface area contributed by atoms with Crippen molar-refractivity contribution in [1.29, 1.82) is 0 Å². The van der Waals surface area contributed by atoms with E-state index in [1.807, 2.05) is 0 Å². The van der Waals surface area contributed by atoms with E-state index in [-0.39, 0.29) is 11.4 Å². The van der Waals surface area contributed by atoms with Crippen molar-refractivity contribution in [2.75, 3.05) is 12.4 Å². The lowest BCUT2D eigenvalue weighted by atomic mass is 10.2. The van der Waals surface area contributed by atoms with E-state index in [9.17, 15) is 26.3 Å². The summed E-state index contributed by atoms with van der Waals surface area (Å²) in [5.41, 5.74) is -3.06. The van der Waals surface area contributed by atoms with Gasteiger partial charge in [-0.05, 0) is 24.3 Å². The maximum Gasteiger partial charge on any atom is 0.435 e. The highest BCUT2D eigenvalue weighted by Crippen LogP contribution is 2.40. The van der Waals surface area contributed by atoms with E-state index in [4.69, 9.17) is 0 Å². The van der Waals surface area contributed by atoms with Crippen LogP contribution >= 0.6 is 0 Å². The van der Waals surface area contributed by atoms with Crippen molar-refractivity contribution in [3.8, 4) is 11.4 Å². The highest BCUT2D eigenvalue weighted by molar-refractivity contribution is 5.68. The van der Waals surface area contributed by atoms with Crippen molar-refractivity contribution in [3.05, 3.63) is 60.0 Å². The Morgan fingerprint density at radius 3 is 2.07 bits per heavy atom. The number of hydrogen-bond donors (Lipinski definition) is 1. The number of rotatable bonds is 4. The second-order valence-electron chi connectivity index (χ2n) is 5.81. The van der Waals surface area contributed by atoms with Gasteiger partial charge in [0.05, 0.1) is 5.69 Å². The van der Waals surface area contributed by atoms with Crippen LogP contribution in [-0.2, 0) is 12.4 Å². The van der Waals surface area contributed by atoms with Crippen LogP contribution in [0.2, 0.25) is 0 Å². The van der Waals surface area contributed by atoms with Gasteiger partial charge in [0.15, 0.2) is 23.0 Å². The van der Waals surface area contributed by atoms with Gasteiger partial charge in [-0.15, -0.1) is 5.11 Å². The van der Waals surface area contributed by atoms with Gasteiger partial charge in [0.25, 0.3) is 0 Å². The molecule has 0 unspecified atom stereocenters. The van der Waals surface area contributed by atoms with Gasteiger partial charge in [-0.2, -0.15) is 31.5 Å². The summed E-state index contributed by atoms with van der Waals surface area (Å²) in [5, 5.41) is 9.90. The fourth-order valence-electron chi connectivity index (χ4n) is 2.35. The molecule has 1 aromatic carbocycles. The van der Waals surface area contributed by atoms with Crippen molar-refractivity contribution in [3.63, 3.8) is 0 Å². The van der Waals surface area contributed by atoms with Crippen LogP contribution in [0.5, 0.6) is 0 Å². The zero-order valence-electron chi connectivity index (χ0n) is 15.1. The third-order valence-corrected chi connectivity index (χ3v) is 3.72. The van der Waals surface area contributed by atoms with Crippen LogP contribution in [0.4, 0.5) is 43.5 Å². The van der Waals surface area contributed by atoms with Crippen LogP contribution in [0.25, 0.3) is 11.4 Å². The summed E-state index contributed by atoms with van der Waals surface area (Å²) in [4.78, 5) is 10.6. The van der Waals surface area contributed by atoms with Crippen molar-refractivity contribution >= 4 is 17.2 Å². The van der Waals surface area contributed by atoms with Gasteiger partial charge in [-0.25, -0.2) is 9.97 Å². The summed E-state index contributed by atoms with van der Waals surface area (Å²) in [6.07, 6.45) is -8.86. The SMILES string of the molecule is CNc1nc(-c2ccc(C(F)(F)F)nc2)nc(C(F)(F)F)c1/N=N/c1ccccc1. The third kappa shape index (κ3) is 4.70. The van der Waals surface area contributed by atoms with E-state index < -0.39 is 35.3 Å². The second-order valence-corrected chi connectivity index (χ2v) is 5.81. The highest BCUT2D eigenvalue weighted by atomic mass is 19.4. The number of hydrogen-bond acceptors (Lipinski definition) is 6. The Morgan fingerprint density at radius 1 is 0.833 bits per heavy atom. The average molecular weight is 426 g/mol. The highest BCUT2D eigenvalue weighted by Gasteiger charge is 2.38. The molecule has 0 fully saturated rings. The molecule has 0 aliphatic rings. The minimum atomic E-state index is -4.92. The lowest BCUT2D eigenvalue weighted by Gasteiger charge is -2.14. The van der Waals surface area contributed by atoms with E-state index in [2.05, 4.69) is 30.5 Å². The molecule has 3 aromatic rings. The fraction of sp³-hybridized carbons (Fsp3) is 0.167. The van der Waals surface area contributed by atoms with Crippen LogP contribution in [-0.4, -0.2) is 22.0 Å². The lowest BCUT2D eigenvalue weighted by molar-refractivity contribution is -0.141. The van der Waals surface area contributed by atoms with Gasteiger partial charge in [-0.1, -0.05) is 18.2 Å². The van der Waals surface area contributed by atoms with Gasteiger partial charge in [0.2, 0.25) is 0 Å². The van der Waals surface area contributed by atoms with Crippen molar-refractivity contribution < 1.29 is 26.3 Å². The van der Waals surface area contributed by atoms with E-state index in [0.717, 1.165) is 12.3 Å². The van der Waals surface area contributed by atoms with Crippen LogP contribution in [0.1, 0.15) is 11.4 Å². The first-order valence-corrected chi connectivity index (χ1v) is 8.27. The third-order valence-electron chi connectivity index (χ3n) is 3.72. The zero-order chi connectivity index (χ0) is 21.9. The molecule has 0 amide bonds. The maximum atomic E-state index is 13.6. The molecule has 0 atom stereocenters. The smallest absolute Gasteiger partial charge is 0.371 e. The molecule has 12 heteroatoms. The molecule has 6 nitrogen and oxygen atoms in total. The number of pyridine rings is 1. The van der Waals surface area contributed by atoms with Crippen LogP contribution in [0.15, 0.2) is 58.9 Å². The Morgan fingerprint density at radius 2 is 1.53 bits per heavy atom. The number of azo groups is 1. The van der Waals surface area contributed by atoms with Gasteiger partial charge in [0, 0.05) is 18.8 Å². The molecule has 0 aliphatic heterocycles. The Labute approximate surface area is 165 Å². The number of nitrogens with one attached hydrogen (secondary N) is 1. The summed E-state index contributed by atoms with van der Waals surface area (Å²) in [5.74, 6) is -0.765. The minimum absolute atomic E-state index is 0.128. The molecule has 2 heterocycles. The first kappa shape index (κ1) is 21.1.